The number of rotatable bonds is 7. The van der Waals surface area contributed by atoms with Crippen LogP contribution in [0.2, 0.25) is 0 Å². The van der Waals surface area contributed by atoms with E-state index in [1.807, 2.05) is 38.1 Å². The summed E-state index contributed by atoms with van der Waals surface area (Å²) in [4.78, 5) is 21.3. The molecule has 1 amide bonds. The number of ether oxygens (including phenoxy) is 1. The third-order valence-corrected chi connectivity index (χ3v) is 5.14. The van der Waals surface area contributed by atoms with E-state index in [0.717, 1.165) is 24.1 Å². The summed E-state index contributed by atoms with van der Waals surface area (Å²) in [5.41, 5.74) is 3.03. The van der Waals surface area contributed by atoms with Crippen molar-refractivity contribution in [3.8, 4) is 5.75 Å². The number of carbonyl (C=O) groups is 1. The van der Waals surface area contributed by atoms with Crippen molar-refractivity contribution in [2.75, 3.05) is 23.1 Å². The molecular weight excluding hydrogens is 471 g/mol. The second kappa shape index (κ2) is 10.3. The molecule has 1 heterocycles. The summed E-state index contributed by atoms with van der Waals surface area (Å²) in [5, 5.41) is 8.77. The Morgan fingerprint density at radius 3 is 2.08 bits per heavy atom. The molecule has 4 rings (SSSR count). The normalized spacial score (nSPS) is 10.6. The zero-order valence-corrected chi connectivity index (χ0v) is 19.6. The van der Waals surface area contributed by atoms with Gasteiger partial charge < -0.3 is 20.7 Å². The van der Waals surface area contributed by atoms with Gasteiger partial charge in [-0.05, 0) is 56.3 Å². The van der Waals surface area contributed by atoms with E-state index >= 15 is 0 Å². The third-order valence-electron chi connectivity index (χ3n) is 5.14. The number of aryl methyl sites for hydroxylation is 2. The Labute approximate surface area is 205 Å². The van der Waals surface area contributed by atoms with Gasteiger partial charge in [-0.15, -0.1) is 0 Å². The molecule has 0 spiro atoms. The molecule has 0 aliphatic heterocycles. The smallest absolute Gasteiger partial charge is 0.258 e. The number of benzene rings is 3. The predicted octanol–water partition coefficient (Wildman–Crippen LogP) is 6.26. The Morgan fingerprint density at radius 1 is 0.806 bits per heavy atom. The highest BCUT2D eigenvalue weighted by Gasteiger charge is 2.23. The van der Waals surface area contributed by atoms with Crippen LogP contribution >= 0.6 is 0 Å². The van der Waals surface area contributed by atoms with Gasteiger partial charge in [0.25, 0.3) is 5.91 Å². The van der Waals surface area contributed by atoms with Crippen molar-refractivity contribution in [2.45, 2.75) is 13.8 Å². The molecule has 184 valence electrons. The van der Waals surface area contributed by atoms with Crippen LogP contribution in [-0.4, -0.2) is 23.0 Å². The molecule has 0 bridgehead atoms. The van der Waals surface area contributed by atoms with Crippen LogP contribution in [0.25, 0.3) is 0 Å². The number of hydrogen-bond acceptors (Lipinski definition) is 6. The summed E-state index contributed by atoms with van der Waals surface area (Å²) < 4.78 is 46.3. The van der Waals surface area contributed by atoms with Gasteiger partial charge in [-0.25, -0.2) is 13.8 Å². The van der Waals surface area contributed by atoms with Gasteiger partial charge in [-0.3, -0.25) is 4.79 Å². The first kappa shape index (κ1) is 24.5. The fourth-order valence-electron chi connectivity index (χ4n) is 3.36. The average molecular weight is 493 g/mol. The van der Waals surface area contributed by atoms with Crippen molar-refractivity contribution in [2.24, 2.45) is 0 Å². The summed E-state index contributed by atoms with van der Waals surface area (Å²) in [7, 11) is 0.981. The van der Waals surface area contributed by atoms with Gasteiger partial charge in [-0.2, -0.15) is 9.37 Å². The first-order chi connectivity index (χ1) is 17.2. The quantitative estimate of drug-likeness (QED) is 0.264. The van der Waals surface area contributed by atoms with Gasteiger partial charge in [-0.1, -0.05) is 17.7 Å². The molecule has 0 radical (unpaired) electrons. The van der Waals surface area contributed by atoms with E-state index in [9.17, 15) is 18.0 Å². The fourth-order valence-corrected chi connectivity index (χ4v) is 3.36. The molecular formula is C26H22F3N5O2. The number of aromatic nitrogens is 2. The maximum Gasteiger partial charge on any atom is 0.258 e. The van der Waals surface area contributed by atoms with Crippen molar-refractivity contribution >= 4 is 34.7 Å². The van der Waals surface area contributed by atoms with E-state index in [-0.39, 0.29) is 0 Å². The monoisotopic (exact) mass is 493 g/mol. The van der Waals surface area contributed by atoms with Gasteiger partial charge in [0.1, 0.15) is 5.82 Å². The van der Waals surface area contributed by atoms with Crippen molar-refractivity contribution in [3.63, 3.8) is 0 Å². The van der Waals surface area contributed by atoms with E-state index in [1.54, 1.807) is 30.3 Å². The van der Waals surface area contributed by atoms with Crippen molar-refractivity contribution < 1.29 is 22.7 Å². The van der Waals surface area contributed by atoms with E-state index in [2.05, 4.69) is 30.7 Å². The Kier molecular flexibility index (Phi) is 7.05. The number of halogens is 3. The van der Waals surface area contributed by atoms with Crippen molar-refractivity contribution in [3.05, 3.63) is 94.9 Å². The second-order valence-electron chi connectivity index (χ2n) is 7.93. The minimum absolute atomic E-state index is 0.314. The number of nitrogens with zero attached hydrogens (tertiary/aromatic N) is 2. The van der Waals surface area contributed by atoms with Gasteiger partial charge in [0.15, 0.2) is 17.4 Å². The zero-order chi connectivity index (χ0) is 25.8. The van der Waals surface area contributed by atoms with Crippen LogP contribution in [0, 0.1) is 31.3 Å². The topological polar surface area (TPSA) is 88.2 Å². The third kappa shape index (κ3) is 5.54. The van der Waals surface area contributed by atoms with Crippen LogP contribution in [0.1, 0.15) is 21.6 Å². The summed E-state index contributed by atoms with van der Waals surface area (Å²) in [6.45, 7) is 3.85. The lowest BCUT2D eigenvalue weighted by atomic mass is 10.1. The molecule has 3 aromatic carbocycles. The standard InChI is InChI=1S/C26H22F3N5O2/c1-14-4-6-18(7-5-14)33-26-30-15(2)12-21(34-26)31-16-8-10-17(11-9-16)32-25(35)19-13-20(27)23(29)24(36-3)22(19)28/h4-13H,1-3H3,(H,32,35)(H2,30,31,33,34). The van der Waals surface area contributed by atoms with Gasteiger partial charge in [0, 0.05) is 28.8 Å². The molecule has 4 aromatic rings. The average Bonchev–Trinajstić information content (AvgIpc) is 2.84. The Bertz CT molecular complexity index is 1410. The summed E-state index contributed by atoms with van der Waals surface area (Å²) in [6, 6.07) is 16.6. The lowest BCUT2D eigenvalue weighted by Gasteiger charge is -2.12. The summed E-state index contributed by atoms with van der Waals surface area (Å²) in [5.74, 6) is -5.13. The predicted molar refractivity (Wildman–Crippen MR) is 132 cm³/mol. The maximum atomic E-state index is 14.4. The highest BCUT2D eigenvalue weighted by Crippen LogP contribution is 2.28. The van der Waals surface area contributed by atoms with Crippen LogP contribution in [0.5, 0.6) is 5.75 Å². The Morgan fingerprint density at radius 2 is 1.42 bits per heavy atom. The summed E-state index contributed by atoms with van der Waals surface area (Å²) in [6.07, 6.45) is 0. The van der Waals surface area contributed by atoms with Crippen LogP contribution < -0.4 is 20.7 Å². The molecule has 7 nitrogen and oxygen atoms in total. The molecule has 0 saturated carbocycles. The summed E-state index contributed by atoms with van der Waals surface area (Å²) >= 11 is 0. The largest absolute Gasteiger partial charge is 0.491 e. The van der Waals surface area contributed by atoms with Gasteiger partial charge in [0.2, 0.25) is 11.8 Å². The minimum Gasteiger partial charge on any atom is -0.491 e. The molecule has 0 atom stereocenters. The zero-order valence-electron chi connectivity index (χ0n) is 19.6. The first-order valence-electron chi connectivity index (χ1n) is 10.8. The van der Waals surface area contributed by atoms with Crippen molar-refractivity contribution in [1.29, 1.82) is 0 Å². The van der Waals surface area contributed by atoms with Crippen LogP contribution in [0.15, 0.2) is 60.7 Å². The molecule has 10 heteroatoms. The Balaban J connectivity index is 1.46. The van der Waals surface area contributed by atoms with E-state index in [0.29, 0.717) is 29.2 Å². The Hall–Kier alpha value is -4.60. The van der Waals surface area contributed by atoms with Crippen LogP contribution in [0.3, 0.4) is 0 Å². The highest BCUT2D eigenvalue weighted by atomic mass is 19.2. The number of methoxy groups -OCH3 is 1. The van der Waals surface area contributed by atoms with E-state index in [4.69, 9.17) is 0 Å². The molecule has 3 N–H and O–H groups in total. The number of amides is 1. The number of carbonyl (C=O) groups excluding carboxylic acids is 1. The van der Waals surface area contributed by atoms with E-state index < -0.39 is 34.7 Å². The molecule has 36 heavy (non-hydrogen) atoms. The van der Waals surface area contributed by atoms with Crippen molar-refractivity contribution in [1.82, 2.24) is 9.97 Å². The molecule has 0 unspecified atom stereocenters. The fraction of sp³-hybridized carbons (Fsp3) is 0.115. The van der Waals surface area contributed by atoms with E-state index in [1.165, 1.54) is 0 Å². The number of nitrogens with one attached hydrogen (secondary N) is 3. The SMILES string of the molecule is COc1c(F)c(F)cc(C(=O)Nc2ccc(Nc3cc(C)nc(Nc4ccc(C)cc4)n3)cc2)c1F. The molecule has 0 aliphatic rings. The lowest BCUT2D eigenvalue weighted by molar-refractivity contribution is 0.102. The molecule has 1 aromatic heterocycles. The number of anilines is 5. The highest BCUT2D eigenvalue weighted by molar-refractivity contribution is 6.04. The minimum atomic E-state index is -1.50. The first-order valence-corrected chi connectivity index (χ1v) is 10.8. The molecule has 0 aliphatic carbocycles. The maximum absolute atomic E-state index is 14.4. The molecule has 0 saturated heterocycles. The molecule has 0 fully saturated rings. The van der Waals surface area contributed by atoms with Gasteiger partial charge >= 0.3 is 0 Å². The lowest BCUT2D eigenvalue weighted by Crippen LogP contribution is -2.15. The van der Waals surface area contributed by atoms with Crippen LogP contribution in [0.4, 0.5) is 42.0 Å². The number of hydrogen-bond donors (Lipinski definition) is 3. The second-order valence-corrected chi connectivity index (χ2v) is 7.93. The van der Waals surface area contributed by atoms with Gasteiger partial charge in [0.05, 0.1) is 12.7 Å². The van der Waals surface area contributed by atoms with Crippen LogP contribution in [-0.2, 0) is 0 Å².